The van der Waals surface area contributed by atoms with E-state index < -0.39 is 5.60 Å². The van der Waals surface area contributed by atoms with E-state index in [9.17, 15) is 4.79 Å². The Bertz CT molecular complexity index is 554. The summed E-state index contributed by atoms with van der Waals surface area (Å²) in [6.45, 7) is 7.30. The standard InChI is InChI=1S/C14H19N3O2/c1-10(2)19-14(3,4)13(18)16-11-9-17-8-6-5-7-12(17)15-11/h5-10H,1-4H3,(H,16,18). The molecule has 0 fully saturated rings. The second-order valence-electron chi connectivity index (χ2n) is 5.22. The number of hydrogen-bond donors (Lipinski definition) is 1. The molecule has 0 saturated carbocycles. The number of pyridine rings is 1. The highest BCUT2D eigenvalue weighted by atomic mass is 16.5. The van der Waals surface area contributed by atoms with Gasteiger partial charge in [-0.1, -0.05) is 6.07 Å². The zero-order chi connectivity index (χ0) is 14.0. The first-order valence-electron chi connectivity index (χ1n) is 6.31. The summed E-state index contributed by atoms with van der Waals surface area (Å²) in [6.07, 6.45) is 3.65. The number of nitrogens with one attached hydrogen (secondary N) is 1. The molecule has 0 aliphatic rings. The van der Waals surface area contributed by atoms with Crippen molar-refractivity contribution in [3.05, 3.63) is 30.6 Å². The van der Waals surface area contributed by atoms with Gasteiger partial charge < -0.3 is 14.5 Å². The van der Waals surface area contributed by atoms with Gasteiger partial charge in [-0.05, 0) is 39.8 Å². The van der Waals surface area contributed by atoms with Gasteiger partial charge in [0.1, 0.15) is 11.2 Å². The number of carbonyl (C=O) groups excluding carboxylic acids is 1. The van der Waals surface area contributed by atoms with Crippen LogP contribution in [0.4, 0.5) is 5.82 Å². The first-order chi connectivity index (χ1) is 8.88. The number of anilines is 1. The number of fused-ring (bicyclic) bond motifs is 1. The Morgan fingerprint density at radius 1 is 1.42 bits per heavy atom. The van der Waals surface area contributed by atoms with E-state index in [1.165, 1.54) is 0 Å². The Labute approximate surface area is 112 Å². The highest BCUT2D eigenvalue weighted by Crippen LogP contribution is 2.16. The number of ether oxygens (including phenoxy) is 1. The van der Waals surface area contributed by atoms with E-state index in [0.29, 0.717) is 5.82 Å². The van der Waals surface area contributed by atoms with Gasteiger partial charge in [0.2, 0.25) is 0 Å². The van der Waals surface area contributed by atoms with Gasteiger partial charge in [0, 0.05) is 6.20 Å². The molecule has 0 aliphatic heterocycles. The molecule has 0 aromatic carbocycles. The predicted molar refractivity (Wildman–Crippen MR) is 74.1 cm³/mol. The second kappa shape index (κ2) is 5.01. The molecule has 5 nitrogen and oxygen atoms in total. The molecular weight excluding hydrogens is 242 g/mol. The molecule has 0 aliphatic carbocycles. The minimum absolute atomic E-state index is 0.0122. The van der Waals surface area contributed by atoms with Crippen LogP contribution < -0.4 is 5.32 Å². The summed E-state index contributed by atoms with van der Waals surface area (Å²) in [4.78, 5) is 16.5. The molecule has 1 amide bonds. The summed E-state index contributed by atoms with van der Waals surface area (Å²) >= 11 is 0. The van der Waals surface area contributed by atoms with Gasteiger partial charge in [-0.2, -0.15) is 0 Å². The predicted octanol–water partition coefficient (Wildman–Crippen LogP) is 2.48. The van der Waals surface area contributed by atoms with Crippen LogP contribution in [0.3, 0.4) is 0 Å². The third kappa shape index (κ3) is 3.12. The molecule has 2 aromatic heterocycles. The molecule has 0 spiro atoms. The van der Waals surface area contributed by atoms with Crippen LogP contribution in [-0.2, 0) is 9.53 Å². The number of rotatable bonds is 4. The Kier molecular flexibility index (Phi) is 3.57. The third-order valence-corrected chi connectivity index (χ3v) is 2.68. The van der Waals surface area contributed by atoms with Crippen LogP contribution in [0.1, 0.15) is 27.7 Å². The van der Waals surface area contributed by atoms with Crippen molar-refractivity contribution in [1.82, 2.24) is 9.38 Å². The lowest BCUT2D eigenvalue weighted by Crippen LogP contribution is -2.41. The Morgan fingerprint density at radius 3 is 2.79 bits per heavy atom. The number of amides is 1. The van der Waals surface area contributed by atoms with Crippen LogP contribution in [0.25, 0.3) is 5.65 Å². The summed E-state index contributed by atoms with van der Waals surface area (Å²) < 4.78 is 7.45. The lowest BCUT2D eigenvalue weighted by atomic mass is 10.1. The van der Waals surface area contributed by atoms with Crippen molar-refractivity contribution in [3.8, 4) is 0 Å². The maximum atomic E-state index is 12.2. The van der Waals surface area contributed by atoms with Crippen molar-refractivity contribution in [2.24, 2.45) is 0 Å². The molecule has 19 heavy (non-hydrogen) atoms. The zero-order valence-electron chi connectivity index (χ0n) is 11.7. The summed E-state index contributed by atoms with van der Waals surface area (Å²) in [5, 5.41) is 2.78. The summed E-state index contributed by atoms with van der Waals surface area (Å²) in [7, 11) is 0. The van der Waals surface area contributed by atoms with Crippen molar-refractivity contribution in [2.75, 3.05) is 5.32 Å². The molecule has 0 atom stereocenters. The smallest absolute Gasteiger partial charge is 0.257 e. The monoisotopic (exact) mass is 261 g/mol. The first-order valence-corrected chi connectivity index (χ1v) is 6.31. The van der Waals surface area contributed by atoms with Gasteiger partial charge in [0.05, 0.1) is 12.3 Å². The van der Waals surface area contributed by atoms with Gasteiger partial charge in [0.25, 0.3) is 5.91 Å². The maximum Gasteiger partial charge on any atom is 0.257 e. The van der Waals surface area contributed by atoms with Crippen LogP contribution in [0, 0.1) is 0 Å². The van der Waals surface area contributed by atoms with E-state index in [1.54, 1.807) is 20.0 Å². The SMILES string of the molecule is CC(C)OC(C)(C)C(=O)Nc1cn2ccccc2n1. The third-order valence-electron chi connectivity index (χ3n) is 2.68. The average molecular weight is 261 g/mol. The quantitative estimate of drug-likeness (QED) is 0.919. The molecule has 5 heteroatoms. The first kappa shape index (κ1) is 13.5. The van der Waals surface area contributed by atoms with Gasteiger partial charge in [0.15, 0.2) is 5.82 Å². The van der Waals surface area contributed by atoms with Crippen LogP contribution in [0.15, 0.2) is 30.6 Å². The van der Waals surface area contributed by atoms with Crippen molar-refractivity contribution < 1.29 is 9.53 Å². The number of carbonyl (C=O) groups is 1. The molecule has 1 N–H and O–H groups in total. The normalized spacial score (nSPS) is 12.1. The topological polar surface area (TPSA) is 55.6 Å². The molecule has 0 saturated heterocycles. The van der Waals surface area contributed by atoms with Crippen LogP contribution >= 0.6 is 0 Å². The lowest BCUT2D eigenvalue weighted by Gasteiger charge is -2.25. The molecule has 0 bridgehead atoms. The van der Waals surface area contributed by atoms with E-state index in [2.05, 4.69) is 10.3 Å². The van der Waals surface area contributed by atoms with E-state index in [0.717, 1.165) is 5.65 Å². The number of hydrogen-bond acceptors (Lipinski definition) is 3. The van der Waals surface area contributed by atoms with Crippen LogP contribution in [0.2, 0.25) is 0 Å². The van der Waals surface area contributed by atoms with Gasteiger partial charge >= 0.3 is 0 Å². The van der Waals surface area contributed by atoms with Crippen molar-refractivity contribution in [3.63, 3.8) is 0 Å². The van der Waals surface area contributed by atoms with Crippen molar-refractivity contribution in [1.29, 1.82) is 0 Å². The Morgan fingerprint density at radius 2 is 2.16 bits per heavy atom. The molecule has 0 unspecified atom stereocenters. The van der Waals surface area contributed by atoms with E-state index in [1.807, 2.05) is 42.6 Å². The Hall–Kier alpha value is -1.88. The molecule has 2 rings (SSSR count). The molecule has 102 valence electrons. The largest absolute Gasteiger partial charge is 0.363 e. The fraction of sp³-hybridized carbons (Fsp3) is 0.429. The van der Waals surface area contributed by atoms with Crippen molar-refractivity contribution in [2.45, 2.75) is 39.4 Å². The number of aromatic nitrogens is 2. The summed E-state index contributed by atoms with van der Waals surface area (Å²) in [5.74, 6) is 0.321. The van der Waals surface area contributed by atoms with Gasteiger partial charge in [-0.25, -0.2) is 4.98 Å². The summed E-state index contributed by atoms with van der Waals surface area (Å²) in [6, 6.07) is 5.69. The average Bonchev–Trinajstić information content (AvgIpc) is 2.69. The lowest BCUT2D eigenvalue weighted by molar-refractivity contribution is -0.141. The fourth-order valence-corrected chi connectivity index (χ4v) is 1.90. The number of nitrogens with zero attached hydrogens (tertiary/aromatic N) is 2. The van der Waals surface area contributed by atoms with Crippen LogP contribution in [-0.4, -0.2) is 27.0 Å². The van der Waals surface area contributed by atoms with Crippen LogP contribution in [0.5, 0.6) is 0 Å². The zero-order valence-corrected chi connectivity index (χ0v) is 11.7. The fourth-order valence-electron chi connectivity index (χ4n) is 1.90. The molecule has 2 heterocycles. The molecule has 0 radical (unpaired) electrons. The van der Waals surface area contributed by atoms with Crippen molar-refractivity contribution >= 4 is 17.4 Å². The highest BCUT2D eigenvalue weighted by molar-refractivity contribution is 5.96. The minimum Gasteiger partial charge on any atom is -0.363 e. The maximum absolute atomic E-state index is 12.2. The number of imidazole rings is 1. The molecular formula is C14H19N3O2. The van der Waals surface area contributed by atoms with E-state index >= 15 is 0 Å². The highest BCUT2D eigenvalue weighted by Gasteiger charge is 2.30. The molecule has 2 aromatic rings. The van der Waals surface area contributed by atoms with Gasteiger partial charge in [-0.15, -0.1) is 0 Å². The second-order valence-corrected chi connectivity index (χ2v) is 5.22. The minimum atomic E-state index is -0.885. The van der Waals surface area contributed by atoms with E-state index in [4.69, 9.17) is 4.74 Å². The van der Waals surface area contributed by atoms with Gasteiger partial charge in [-0.3, -0.25) is 4.79 Å². The Balaban J connectivity index is 2.14. The summed E-state index contributed by atoms with van der Waals surface area (Å²) in [5.41, 5.74) is -0.0929. The van der Waals surface area contributed by atoms with E-state index in [-0.39, 0.29) is 12.0 Å².